The minimum absolute atomic E-state index is 0.151. The van der Waals surface area contributed by atoms with Crippen molar-refractivity contribution in [1.29, 1.82) is 0 Å². The number of esters is 1. The van der Waals surface area contributed by atoms with Gasteiger partial charge in [0.25, 0.3) is 10.0 Å². The number of methoxy groups -OCH3 is 1. The molecule has 0 unspecified atom stereocenters. The number of carbonyl (C=O) groups is 1. The van der Waals surface area contributed by atoms with E-state index in [1.807, 2.05) is 0 Å². The first-order chi connectivity index (χ1) is 10.7. The van der Waals surface area contributed by atoms with Gasteiger partial charge in [0.1, 0.15) is 10.7 Å². The number of sulfonamides is 1. The van der Waals surface area contributed by atoms with Gasteiger partial charge in [0.2, 0.25) is 0 Å². The van der Waals surface area contributed by atoms with Crippen LogP contribution < -0.4 is 4.72 Å². The summed E-state index contributed by atoms with van der Waals surface area (Å²) >= 11 is 3.16. The monoisotopic (exact) mass is 401 g/mol. The number of nitrogens with one attached hydrogen (secondary N) is 1. The van der Waals surface area contributed by atoms with Crippen molar-refractivity contribution in [1.82, 2.24) is 0 Å². The highest BCUT2D eigenvalue weighted by molar-refractivity contribution is 9.10. The smallest absolute Gasteiger partial charge is 0.339 e. The van der Waals surface area contributed by atoms with Gasteiger partial charge in [-0.25, -0.2) is 17.6 Å². The van der Waals surface area contributed by atoms with Gasteiger partial charge in [-0.15, -0.1) is 0 Å². The van der Waals surface area contributed by atoms with E-state index in [2.05, 4.69) is 25.4 Å². The quantitative estimate of drug-likeness (QED) is 0.795. The average molecular weight is 402 g/mol. The Morgan fingerprint density at radius 3 is 2.52 bits per heavy atom. The van der Waals surface area contributed by atoms with Crippen LogP contribution in [0, 0.1) is 12.7 Å². The highest BCUT2D eigenvalue weighted by atomic mass is 79.9. The Kier molecular flexibility index (Phi) is 5.06. The molecule has 8 heteroatoms. The number of ether oxygens (including phenoxy) is 1. The van der Waals surface area contributed by atoms with E-state index in [0.29, 0.717) is 10.0 Å². The first-order valence-electron chi connectivity index (χ1n) is 6.41. The molecule has 0 bridgehead atoms. The lowest BCUT2D eigenvalue weighted by Crippen LogP contribution is -2.18. The van der Waals surface area contributed by atoms with Crippen LogP contribution in [0.25, 0.3) is 0 Å². The fraction of sp³-hybridized carbons (Fsp3) is 0.133. The Labute approximate surface area is 141 Å². The molecule has 0 spiro atoms. The van der Waals surface area contributed by atoms with E-state index in [0.717, 1.165) is 7.11 Å². The van der Waals surface area contributed by atoms with Gasteiger partial charge in [-0.1, -0.05) is 22.0 Å². The molecule has 0 heterocycles. The number of hydrogen-bond acceptors (Lipinski definition) is 4. The van der Waals surface area contributed by atoms with Crippen LogP contribution in [0.4, 0.5) is 10.1 Å². The third-order valence-electron chi connectivity index (χ3n) is 3.01. The number of aryl methyl sites for hydroxylation is 1. The maximum Gasteiger partial charge on any atom is 0.339 e. The molecule has 122 valence electrons. The first-order valence-corrected chi connectivity index (χ1v) is 8.69. The molecule has 0 aliphatic heterocycles. The molecule has 0 aliphatic rings. The largest absolute Gasteiger partial charge is 0.465 e. The first kappa shape index (κ1) is 17.4. The zero-order valence-electron chi connectivity index (χ0n) is 12.3. The summed E-state index contributed by atoms with van der Waals surface area (Å²) in [5, 5.41) is 0. The van der Waals surface area contributed by atoms with Crippen LogP contribution in [0.3, 0.4) is 0 Å². The fourth-order valence-electron chi connectivity index (χ4n) is 1.91. The fourth-order valence-corrected chi connectivity index (χ4v) is 3.51. The van der Waals surface area contributed by atoms with Gasteiger partial charge in [-0.3, -0.25) is 4.72 Å². The summed E-state index contributed by atoms with van der Waals surface area (Å²) in [5.74, 6) is -1.51. The van der Waals surface area contributed by atoms with E-state index in [1.54, 1.807) is 13.0 Å². The second-order valence-electron chi connectivity index (χ2n) is 4.72. The third kappa shape index (κ3) is 3.89. The Hall–Kier alpha value is -1.93. The number of rotatable bonds is 4. The van der Waals surface area contributed by atoms with Gasteiger partial charge in [0.05, 0.1) is 18.4 Å². The van der Waals surface area contributed by atoms with Crippen LogP contribution in [0.5, 0.6) is 0 Å². The van der Waals surface area contributed by atoms with Gasteiger partial charge < -0.3 is 4.74 Å². The van der Waals surface area contributed by atoms with Crippen molar-refractivity contribution in [2.24, 2.45) is 0 Å². The normalized spacial score (nSPS) is 11.1. The van der Waals surface area contributed by atoms with E-state index in [-0.39, 0.29) is 16.1 Å². The van der Waals surface area contributed by atoms with Crippen LogP contribution >= 0.6 is 15.9 Å². The van der Waals surface area contributed by atoms with Crippen molar-refractivity contribution in [3.8, 4) is 0 Å². The Morgan fingerprint density at radius 2 is 1.91 bits per heavy atom. The molecule has 2 rings (SSSR count). The Morgan fingerprint density at radius 1 is 1.22 bits per heavy atom. The molecule has 0 aromatic heterocycles. The van der Waals surface area contributed by atoms with E-state index < -0.39 is 21.8 Å². The van der Waals surface area contributed by atoms with Crippen LogP contribution in [0.15, 0.2) is 45.8 Å². The highest BCUT2D eigenvalue weighted by Gasteiger charge is 2.24. The zero-order valence-corrected chi connectivity index (χ0v) is 14.7. The number of halogens is 2. The molecule has 23 heavy (non-hydrogen) atoms. The minimum Gasteiger partial charge on any atom is -0.465 e. The van der Waals surface area contributed by atoms with Gasteiger partial charge in [-0.05, 0) is 42.8 Å². The molecule has 2 aromatic rings. The molecule has 0 saturated carbocycles. The lowest BCUT2D eigenvalue weighted by atomic mass is 10.2. The van der Waals surface area contributed by atoms with Crippen molar-refractivity contribution in [2.45, 2.75) is 11.8 Å². The number of benzene rings is 2. The summed E-state index contributed by atoms with van der Waals surface area (Å²) < 4.78 is 46.1. The second-order valence-corrected chi connectivity index (χ2v) is 7.29. The molecule has 2 aromatic carbocycles. The minimum atomic E-state index is -4.16. The Balaban J connectivity index is 2.50. The van der Waals surface area contributed by atoms with E-state index in [4.69, 9.17) is 0 Å². The summed E-state index contributed by atoms with van der Waals surface area (Å²) in [6, 6.07) is 8.13. The van der Waals surface area contributed by atoms with E-state index in [9.17, 15) is 17.6 Å². The summed E-state index contributed by atoms with van der Waals surface area (Å²) in [7, 11) is -3.02. The zero-order chi connectivity index (χ0) is 17.2. The molecule has 5 nitrogen and oxygen atoms in total. The van der Waals surface area contributed by atoms with Crippen molar-refractivity contribution in [3.05, 3.63) is 57.8 Å². The number of anilines is 1. The molecule has 0 saturated heterocycles. The molecule has 0 amide bonds. The summed E-state index contributed by atoms with van der Waals surface area (Å²) in [5.41, 5.74) is 0.306. The average Bonchev–Trinajstić information content (AvgIpc) is 2.49. The van der Waals surface area contributed by atoms with Gasteiger partial charge in [0.15, 0.2) is 0 Å². The summed E-state index contributed by atoms with van der Waals surface area (Å²) in [6.45, 7) is 1.69. The molecule has 0 fully saturated rings. The van der Waals surface area contributed by atoms with Gasteiger partial charge in [0, 0.05) is 4.47 Å². The molecular weight excluding hydrogens is 389 g/mol. The molecular formula is C15H13BrFNO4S. The van der Waals surface area contributed by atoms with Gasteiger partial charge in [-0.2, -0.15) is 0 Å². The third-order valence-corrected chi connectivity index (χ3v) is 4.92. The van der Waals surface area contributed by atoms with Crippen LogP contribution in [-0.4, -0.2) is 21.5 Å². The summed E-state index contributed by atoms with van der Waals surface area (Å²) in [4.78, 5) is 11.5. The predicted molar refractivity (Wildman–Crippen MR) is 87.4 cm³/mol. The van der Waals surface area contributed by atoms with E-state index >= 15 is 0 Å². The van der Waals surface area contributed by atoms with Crippen LogP contribution in [0.2, 0.25) is 0 Å². The van der Waals surface area contributed by atoms with Crippen molar-refractivity contribution < 1.29 is 22.3 Å². The molecule has 0 radical (unpaired) electrons. The van der Waals surface area contributed by atoms with Crippen LogP contribution in [0.1, 0.15) is 15.9 Å². The standard InChI is InChI=1S/C15H13BrFNO4S/c1-9-3-5-13(12(17)7-9)18-23(20,21)14-6-4-10(16)8-11(14)15(19)22-2/h3-8,18H,1-2H3. The van der Waals surface area contributed by atoms with Crippen molar-refractivity contribution in [3.63, 3.8) is 0 Å². The summed E-state index contributed by atoms with van der Waals surface area (Å²) in [6.07, 6.45) is 0. The number of hydrogen-bond donors (Lipinski definition) is 1. The SMILES string of the molecule is COC(=O)c1cc(Br)ccc1S(=O)(=O)Nc1ccc(C)cc1F. The second kappa shape index (κ2) is 6.67. The number of carbonyl (C=O) groups excluding carboxylic acids is 1. The highest BCUT2D eigenvalue weighted by Crippen LogP contribution is 2.25. The van der Waals surface area contributed by atoms with E-state index in [1.165, 1.54) is 30.3 Å². The maximum absolute atomic E-state index is 13.9. The molecule has 0 aliphatic carbocycles. The lowest BCUT2D eigenvalue weighted by molar-refractivity contribution is 0.0596. The van der Waals surface area contributed by atoms with Gasteiger partial charge >= 0.3 is 5.97 Å². The maximum atomic E-state index is 13.9. The molecule has 0 atom stereocenters. The predicted octanol–water partition coefficient (Wildman–Crippen LogP) is 3.48. The topological polar surface area (TPSA) is 72.5 Å². The van der Waals surface area contributed by atoms with Crippen molar-refractivity contribution >= 4 is 37.6 Å². The van der Waals surface area contributed by atoms with Crippen LogP contribution in [-0.2, 0) is 14.8 Å². The van der Waals surface area contributed by atoms with Crippen molar-refractivity contribution in [2.75, 3.05) is 11.8 Å². The lowest BCUT2D eigenvalue weighted by Gasteiger charge is -2.12. The Bertz CT molecular complexity index is 868. The molecule has 1 N–H and O–H groups in total.